The summed E-state index contributed by atoms with van der Waals surface area (Å²) >= 11 is 0. The Labute approximate surface area is 193 Å². The van der Waals surface area contributed by atoms with Crippen molar-refractivity contribution in [2.75, 3.05) is 6.54 Å². The van der Waals surface area contributed by atoms with Crippen LogP contribution in [0, 0.1) is 0 Å². The maximum atomic E-state index is 12.7. The van der Waals surface area contributed by atoms with E-state index >= 15 is 0 Å². The zero-order valence-corrected chi connectivity index (χ0v) is 18.2. The minimum absolute atomic E-state index is 0.0377. The Kier molecular flexibility index (Phi) is 13.4. The Morgan fingerprint density at radius 2 is 1.18 bits per heavy atom. The Hall–Kier alpha value is -3.79. The van der Waals surface area contributed by atoms with Crippen LogP contribution in [0.5, 0.6) is 0 Å². The first kappa shape index (κ1) is 30.2. The van der Waals surface area contributed by atoms with Gasteiger partial charge in [0.15, 0.2) is 0 Å². The average Bonchev–Trinajstić information content (AvgIpc) is 2.70. The molecule has 16 heteroatoms. The smallest absolute Gasteiger partial charge is 0.326 e. The second-order valence-electron chi connectivity index (χ2n) is 7.28. The second kappa shape index (κ2) is 15.1. The summed E-state index contributed by atoms with van der Waals surface area (Å²) in [4.78, 5) is 81.5. The van der Waals surface area contributed by atoms with Crippen molar-refractivity contribution in [1.29, 1.82) is 0 Å². The molecule has 0 aromatic carbocycles. The summed E-state index contributed by atoms with van der Waals surface area (Å²) in [7, 11) is 0. The molecule has 0 rings (SSSR count). The quantitative estimate of drug-likeness (QED) is 0.0877. The average molecular weight is 490 g/mol. The van der Waals surface area contributed by atoms with Crippen LogP contribution in [-0.4, -0.2) is 87.6 Å². The lowest BCUT2D eigenvalue weighted by atomic mass is 10.1. The second-order valence-corrected chi connectivity index (χ2v) is 7.28. The van der Waals surface area contributed by atoms with Gasteiger partial charge in [0.2, 0.25) is 23.6 Å². The number of hydrogen-bond acceptors (Lipinski definition) is 9. The summed E-state index contributed by atoms with van der Waals surface area (Å²) < 4.78 is 0. The number of nitrogens with two attached hydrogens (primary N) is 3. The molecule has 0 bridgehead atoms. The number of carboxylic acids is 3. The highest BCUT2D eigenvalue weighted by Gasteiger charge is 2.31. The number of primary amides is 1. The minimum atomic E-state index is -1.78. The molecule has 0 aliphatic heterocycles. The van der Waals surface area contributed by atoms with E-state index in [-0.39, 0.29) is 13.0 Å². The summed E-state index contributed by atoms with van der Waals surface area (Å²) in [6.45, 7) is 0.251. The third kappa shape index (κ3) is 12.3. The van der Waals surface area contributed by atoms with E-state index in [2.05, 4.69) is 10.6 Å². The molecule has 0 radical (unpaired) electrons. The monoisotopic (exact) mass is 490 g/mol. The Morgan fingerprint density at radius 1 is 0.676 bits per heavy atom. The molecule has 12 N–H and O–H groups in total. The molecule has 4 amide bonds. The van der Waals surface area contributed by atoms with Gasteiger partial charge in [0.25, 0.3) is 0 Å². The zero-order valence-electron chi connectivity index (χ0n) is 18.2. The van der Waals surface area contributed by atoms with Crippen LogP contribution in [0.25, 0.3) is 0 Å². The first-order valence-electron chi connectivity index (χ1n) is 10.1. The highest BCUT2D eigenvalue weighted by Crippen LogP contribution is 2.05. The van der Waals surface area contributed by atoms with Gasteiger partial charge >= 0.3 is 17.9 Å². The predicted molar refractivity (Wildman–Crippen MR) is 113 cm³/mol. The van der Waals surface area contributed by atoms with E-state index in [4.69, 9.17) is 32.5 Å². The van der Waals surface area contributed by atoms with Crippen molar-refractivity contribution in [2.45, 2.75) is 62.7 Å². The molecule has 0 aromatic heterocycles. The number of unbranched alkanes of at least 4 members (excludes halogenated alkanes) is 1. The molecule has 0 saturated heterocycles. The fourth-order valence-corrected chi connectivity index (χ4v) is 2.65. The highest BCUT2D eigenvalue weighted by atomic mass is 16.4. The third-order valence-corrected chi connectivity index (χ3v) is 4.34. The summed E-state index contributed by atoms with van der Waals surface area (Å²) in [5.74, 6) is -8.65. The standard InChI is InChI=1S/C18H30N6O10/c19-4-2-1-3-9(16(31)24-11(18(33)34)7-14(28)29)22-17(32)10(6-12(21)25)23-15(30)8(20)5-13(26)27/h8-11H,1-7,19-20H2,(H2,21,25)(H,22,32)(H,23,30)(H,24,31)(H,26,27)(H,28,29)(H,33,34). The number of carbonyl (C=O) groups excluding carboxylic acids is 4. The molecule has 192 valence electrons. The van der Waals surface area contributed by atoms with E-state index in [1.807, 2.05) is 5.32 Å². The highest BCUT2D eigenvalue weighted by molar-refractivity contribution is 5.96. The molecule has 4 atom stereocenters. The maximum Gasteiger partial charge on any atom is 0.326 e. The number of carboxylic acid groups (broad SMARTS) is 3. The van der Waals surface area contributed by atoms with E-state index in [9.17, 15) is 33.6 Å². The van der Waals surface area contributed by atoms with Crippen LogP contribution in [0.1, 0.15) is 38.5 Å². The molecule has 16 nitrogen and oxygen atoms in total. The molecule has 0 spiro atoms. The number of hydrogen-bond donors (Lipinski definition) is 9. The van der Waals surface area contributed by atoms with Crippen molar-refractivity contribution in [3.63, 3.8) is 0 Å². The number of nitrogens with one attached hydrogen (secondary N) is 3. The van der Waals surface area contributed by atoms with Crippen LogP contribution in [0.3, 0.4) is 0 Å². The van der Waals surface area contributed by atoms with E-state index in [0.717, 1.165) is 0 Å². The van der Waals surface area contributed by atoms with Crippen LogP contribution in [0.15, 0.2) is 0 Å². The molecule has 0 fully saturated rings. The predicted octanol–water partition coefficient (Wildman–Crippen LogP) is -4.19. The molecule has 0 saturated carbocycles. The molecule has 0 aromatic rings. The number of amides is 4. The van der Waals surface area contributed by atoms with E-state index < -0.39 is 85.0 Å². The Bertz CT molecular complexity index is 789. The molecular formula is C18H30N6O10. The third-order valence-electron chi connectivity index (χ3n) is 4.34. The van der Waals surface area contributed by atoms with Gasteiger partial charge < -0.3 is 48.5 Å². The van der Waals surface area contributed by atoms with E-state index in [0.29, 0.717) is 12.8 Å². The first-order valence-corrected chi connectivity index (χ1v) is 10.1. The summed E-state index contributed by atoms with van der Waals surface area (Å²) in [5.41, 5.74) is 15.9. The largest absolute Gasteiger partial charge is 0.481 e. The van der Waals surface area contributed by atoms with Gasteiger partial charge in [-0.05, 0) is 25.8 Å². The Balaban J connectivity index is 5.56. The van der Waals surface area contributed by atoms with Crippen molar-refractivity contribution in [1.82, 2.24) is 16.0 Å². The maximum absolute atomic E-state index is 12.7. The minimum Gasteiger partial charge on any atom is -0.481 e. The van der Waals surface area contributed by atoms with Crippen molar-refractivity contribution < 1.29 is 48.9 Å². The van der Waals surface area contributed by atoms with Crippen LogP contribution in [0.2, 0.25) is 0 Å². The lowest BCUT2D eigenvalue weighted by molar-refractivity contribution is -0.147. The molecular weight excluding hydrogens is 460 g/mol. The first-order chi connectivity index (χ1) is 15.8. The van der Waals surface area contributed by atoms with Crippen molar-refractivity contribution in [3.05, 3.63) is 0 Å². The lowest BCUT2D eigenvalue weighted by Gasteiger charge is -2.24. The lowest BCUT2D eigenvalue weighted by Crippen LogP contribution is -2.58. The van der Waals surface area contributed by atoms with Gasteiger partial charge in [0.05, 0.1) is 25.3 Å². The van der Waals surface area contributed by atoms with Gasteiger partial charge in [0.1, 0.15) is 18.1 Å². The van der Waals surface area contributed by atoms with Crippen molar-refractivity contribution >= 4 is 41.5 Å². The van der Waals surface area contributed by atoms with Gasteiger partial charge in [-0.3, -0.25) is 28.8 Å². The zero-order chi connectivity index (χ0) is 26.4. The van der Waals surface area contributed by atoms with E-state index in [1.165, 1.54) is 0 Å². The molecule has 0 aliphatic rings. The summed E-state index contributed by atoms with van der Waals surface area (Å²) in [5, 5.41) is 33.0. The fourth-order valence-electron chi connectivity index (χ4n) is 2.65. The summed E-state index contributed by atoms with van der Waals surface area (Å²) in [6, 6.07) is -6.33. The van der Waals surface area contributed by atoms with Gasteiger partial charge in [-0.15, -0.1) is 0 Å². The SMILES string of the molecule is NCCCCC(NC(=O)C(CC(N)=O)NC(=O)C(N)CC(=O)O)C(=O)NC(CC(=O)O)C(=O)O. The van der Waals surface area contributed by atoms with Crippen LogP contribution >= 0.6 is 0 Å². The number of aliphatic carboxylic acids is 3. The number of carbonyl (C=O) groups is 7. The van der Waals surface area contributed by atoms with Crippen LogP contribution in [-0.2, 0) is 33.6 Å². The van der Waals surface area contributed by atoms with Crippen molar-refractivity contribution in [2.24, 2.45) is 17.2 Å². The topological polar surface area (TPSA) is 294 Å². The fraction of sp³-hybridized carbons (Fsp3) is 0.611. The molecule has 0 aliphatic carbocycles. The summed E-state index contributed by atoms with van der Waals surface area (Å²) in [6.07, 6.45) is -1.70. The van der Waals surface area contributed by atoms with Crippen LogP contribution in [0.4, 0.5) is 0 Å². The van der Waals surface area contributed by atoms with Gasteiger partial charge in [-0.1, -0.05) is 0 Å². The van der Waals surface area contributed by atoms with E-state index in [1.54, 1.807) is 0 Å². The Morgan fingerprint density at radius 3 is 1.65 bits per heavy atom. The van der Waals surface area contributed by atoms with Gasteiger partial charge in [-0.25, -0.2) is 4.79 Å². The van der Waals surface area contributed by atoms with Crippen molar-refractivity contribution in [3.8, 4) is 0 Å². The normalized spacial score (nSPS) is 14.1. The van der Waals surface area contributed by atoms with Crippen LogP contribution < -0.4 is 33.2 Å². The molecule has 34 heavy (non-hydrogen) atoms. The van der Waals surface area contributed by atoms with Gasteiger partial charge in [0, 0.05) is 0 Å². The molecule has 4 unspecified atom stereocenters. The van der Waals surface area contributed by atoms with Gasteiger partial charge in [-0.2, -0.15) is 0 Å². The number of rotatable bonds is 17. The molecule has 0 heterocycles.